The maximum absolute atomic E-state index is 13.7. The zero-order valence-electron chi connectivity index (χ0n) is 10.4. The van der Waals surface area contributed by atoms with Gasteiger partial charge in [0.2, 0.25) is 0 Å². The van der Waals surface area contributed by atoms with E-state index >= 15 is 0 Å². The van der Waals surface area contributed by atoms with Crippen molar-refractivity contribution < 1.29 is 4.39 Å². The fraction of sp³-hybridized carbons (Fsp3) is 0.333. The van der Waals surface area contributed by atoms with E-state index in [1.54, 1.807) is 14.0 Å². The van der Waals surface area contributed by atoms with Gasteiger partial charge in [0.15, 0.2) is 0 Å². The summed E-state index contributed by atoms with van der Waals surface area (Å²) < 4.78 is 15.9. The van der Waals surface area contributed by atoms with E-state index in [0.717, 1.165) is 9.13 Å². The van der Waals surface area contributed by atoms with Crippen molar-refractivity contribution in [3.05, 3.63) is 44.9 Å². The molecule has 0 aliphatic rings. The summed E-state index contributed by atoms with van der Waals surface area (Å²) in [5.41, 5.74) is -0.999. The van der Waals surface area contributed by atoms with Crippen LogP contribution in [0.1, 0.15) is 13.1 Å². The van der Waals surface area contributed by atoms with Gasteiger partial charge in [-0.3, -0.25) is 9.36 Å². The number of benzene rings is 1. The number of hydrogen-bond donors (Lipinski definition) is 1. The van der Waals surface area contributed by atoms with Gasteiger partial charge in [-0.1, -0.05) is 6.07 Å². The third-order valence-electron chi connectivity index (χ3n) is 3.07. The van der Waals surface area contributed by atoms with Crippen LogP contribution >= 0.6 is 0 Å². The van der Waals surface area contributed by atoms with Crippen LogP contribution in [0.4, 0.5) is 4.39 Å². The maximum Gasteiger partial charge on any atom is 0.332 e. The van der Waals surface area contributed by atoms with Crippen molar-refractivity contribution in [2.45, 2.75) is 13.1 Å². The SMILES string of the molecule is CNC(C)n1c(=O)c2cccc(F)c2n(C)c1=O. The summed E-state index contributed by atoms with van der Waals surface area (Å²) in [5, 5.41) is 3.02. The highest BCUT2D eigenvalue weighted by Crippen LogP contribution is 2.12. The van der Waals surface area contributed by atoms with Gasteiger partial charge < -0.3 is 5.32 Å². The van der Waals surface area contributed by atoms with Crippen molar-refractivity contribution in [1.82, 2.24) is 14.5 Å². The number of hydrogen-bond acceptors (Lipinski definition) is 3. The van der Waals surface area contributed by atoms with E-state index in [1.807, 2.05) is 0 Å². The molecule has 2 aromatic rings. The predicted molar refractivity (Wildman–Crippen MR) is 67.2 cm³/mol. The van der Waals surface area contributed by atoms with Crippen LogP contribution in [0.2, 0.25) is 0 Å². The van der Waals surface area contributed by atoms with Gasteiger partial charge in [-0.2, -0.15) is 0 Å². The molecule has 1 heterocycles. The monoisotopic (exact) mass is 251 g/mol. The molecule has 1 aromatic heterocycles. The minimum Gasteiger partial charge on any atom is -0.300 e. The zero-order valence-corrected chi connectivity index (χ0v) is 10.4. The Morgan fingerprint density at radius 3 is 2.61 bits per heavy atom. The lowest BCUT2D eigenvalue weighted by atomic mass is 10.2. The molecule has 0 radical (unpaired) electrons. The van der Waals surface area contributed by atoms with Crippen LogP contribution in [0.25, 0.3) is 10.9 Å². The normalized spacial score (nSPS) is 12.9. The number of nitrogens with zero attached hydrogens (tertiary/aromatic N) is 2. The molecule has 6 heteroatoms. The van der Waals surface area contributed by atoms with Crippen LogP contribution in [0.15, 0.2) is 27.8 Å². The van der Waals surface area contributed by atoms with Gasteiger partial charge >= 0.3 is 5.69 Å². The van der Waals surface area contributed by atoms with E-state index in [4.69, 9.17) is 0 Å². The van der Waals surface area contributed by atoms with Crippen LogP contribution in [0.5, 0.6) is 0 Å². The lowest BCUT2D eigenvalue weighted by Gasteiger charge is -2.16. The summed E-state index contributed by atoms with van der Waals surface area (Å²) in [6.45, 7) is 1.69. The van der Waals surface area contributed by atoms with E-state index in [1.165, 1.54) is 25.2 Å². The smallest absolute Gasteiger partial charge is 0.300 e. The first-order valence-corrected chi connectivity index (χ1v) is 5.56. The van der Waals surface area contributed by atoms with Gasteiger partial charge in [0.05, 0.1) is 17.1 Å². The van der Waals surface area contributed by atoms with E-state index < -0.39 is 23.2 Å². The molecule has 1 aromatic carbocycles. The summed E-state index contributed by atoms with van der Waals surface area (Å²) in [5.74, 6) is -0.575. The Bertz CT molecular complexity index is 718. The van der Waals surface area contributed by atoms with E-state index in [9.17, 15) is 14.0 Å². The molecule has 0 bridgehead atoms. The molecule has 1 atom stereocenters. The standard InChI is InChI=1S/C12H14FN3O2/c1-7(14-2)16-11(17)8-5-4-6-9(13)10(8)15(3)12(16)18/h4-7,14H,1-3H3. The first kappa shape index (κ1) is 12.5. The average Bonchev–Trinajstić information content (AvgIpc) is 2.35. The van der Waals surface area contributed by atoms with E-state index in [-0.39, 0.29) is 10.9 Å². The summed E-state index contributed by atoms with van der Waals surface area (Å²) in [7, 11) is 3.10. The van der Waals surface area contributed by atoms with Crippen LogP contribution in [-0.2, 0) is 7.05 Å². The fourth-order valence-corrected chi connectivity index (χ4v) is 1.97. The van der Waals surface area contributed by atoms with Crippen molar-refractivity contribution in [2.75, 3.05) is 7.05 Å². The van der Waals surface area contributed by atoms with Crippen LogP contribution in [0, 0.1) is 5.82 Å². The second kappa shape index (κ2) is 4.38. The molecule has 5 nitrogen and oxygen atoms in total. The minimum absolute atomic E-state index is 0.0343. The number of halogens is 1. The molecular formula is C12H14FN3O2. The Morgan fingerprint density at radius 2 is 2.00 bits per heavy atom. The molecule has 1 unspecified atom stereocenters. The third kappa shape index (κ3) is 1.65. The molecular weight excluding hydrogens is 237 g/mol. The maximum atomic E-state index is 13.7. The highest BCUT2D eigenvalue weighted by molar-refractivity contribution is 5.78. The lowest BCUT2D eigenvalue weighted by molar-refractivity contribution is 0.436. The van der Waals surface area contributed by atoms with E-state index in [0.29, 0.717) is 0 Å². The van der Waals surface area contributed by atoms with Crippen molar-refractivity contribution in [3.8, 4) is 0 Å². The van der Waals surface area contributed by atoms with Gasteiger partial charge in [-0.25, -0.2) is 13.8 Å². The average molecular weight is 251 g/mol. The first-order chi connectivity index (χ1) is 8.49. The molecule has 2 rings (SSSR count). The Hall–Kier alpha value is -1.95. The largest absolute Gasteiger partial charge is 0.332 e. The van der Waals surface area contributed by atoms with Gasteiger partial charge in [0, 0.05) is 7.05 Å². The van der Waals surface area contributed by atoms with Crippen LogP contribution in [0.3, 0.4) is 0 Å². The van der Waals surface area contributed by atoms with Gasteiger partial charge in [-0.15, -0.1) is 0 Å². The van der Waals surface area contributed by atoms with E-state index in [2.05, 4.69) is 5.32 Å². The molecule has 0 spiro atoms. The highest BCUT2D eigenvalue weighted by Gasteiger charge is 2.16. The Labute approximate surface area is 102 Å². The summed E-state index contributed by atoms with van der Waals surface area (Å²) in [6.07, 6.45) is -0.455. The molecule has 0 fully saturated rings. The number of aromatic nitrogens is 2. The first-order valence-electron chi connectivity index (χ1n) is 5.56. The summed E-state index contributed by atoms with van der Waals surface area (Å²) in [4.78, 5) is 24.3. The highest BCUT2D eigenvalue weighted by atomic mass is 19.1. The zero-order chi connectivity index (χ0) is 13.4. The van der Waals surface area contributed by atoms with Gasteiger partial charge in [0.1, 0.15) is 5.82 Å². The van der Waals surface area contributed by atoms with Crippen LogP contribution in [-0.4, -0.2) is 16.2 Å². The molecule has 96 valence electrons. The van der Waals surface area contributed by atoms with Crippen molar-refractivity contribution in [2.24, 2.45) is 7.05 Å². The summed E-state index contributed by atoms with van der Waals surface area (Å²) >= 11 is 0. The molecule has 0 saturated carbocycles. The van der Waals surface area contributed by atoms with Gasteiger partial charge in [0.25, 0.3) is 5.56 Å². The number of fused-ring (bicyclic) bond motifs is 1. The molecule has 0 saturated heterocycles. The lowest BCUT2D eigenvalue weighted by Crippen LogP contribution is -2.44. The molecule has 18 heavy (non-hydrogen) atoms. The van der Waals surface area contributed by atoms with Crippen molar-refractivity contribution >= 4 is 10.9 Å². The second-order valence-corrected chi connectivity index (χ2v) is 4.12. The second-order valence-electron chi connectivity index (χ2n) is 4.12. The number of aryl methyl sites for hydroxylation is 1. The van der Waals surface area contributed by atoms with Gasteiger partial charge in [-0.05, 0) is 26.1 Å². The Morgan fingerprint density at radius 1 is 1.33 bits per heavy atom. The molecule has 1 N–H and O–H groups in total. The Kier molecular flexibility index (Phi) is 3.04. The summed E-state index contributed by atoms with van der Waals surface area (Å²) in [6, 6.07) is 4.20. The predicted octanol–water partition coefficient (Wildman–Crippen LogP) is 0.577. The quantitative estimate of drug-likeness (QED) is 0.849. The number of rotatable bonds is 2. The fourth-order valence-electron chi connectivity index (χ4n) is 1.97. The van der Waals surface area contributed by atoms with Crippen molar-refractivity contribution in [3.63, 3.8) is 0 Å². The molecule has 0 amide bonds. The molecule has 0 aliphatic heterocycles. The minimum atomic E-state index is -0.575. The van der Waals surface area contributed by atoms with Crippen molar-refractivity contribution in [1.29, 1.82) is 0 Å². The topological polar surface area (TPSA) is 56.0 Å². The molecule has 0 aliphatic carbocycles. The van der Waals surface area contributed by atoms with Crippen LogP contribution < -0.4 is 16.6 Å². The third-order valence-corrected chi connectivity index (χ3v) is 3.07. The Balaban J connectivity index is 3.03. The number of nitrogens with one attached hydrogen (secondary N) is 1. The number of para-hydroxylation sites is 1.